The highest BCUT2D eigenvalue weighted by atomic mass is 19.4. The molecular formula is C25H26F3N3O3. The Hall–Kier alpha value is -3.33. The van der Waals surface area contributed by atoms with Crippen molar-refractivity contribution >= 4 is 0 Å². The Morgan fingerprint density at radius 1 is 1.03 bits per heavy atom. The van der Waals surface area contributed by atoms with Crippen LogP contribution in [0.25, 0.3) is 11.4 Å². The molecule has 34 heavy (non-hydrogen) atoms. The Labute approximate surface area is 195 Å². The van der Waals surface area contributed by atoms with E-state index in [2.05, 4.69) is 14.9 Å². The van der Waals surface area contributed by atoms with Gasteiger partial charge in [0.05, 0.1) is 30.0 Å². The van der Waals surface area contributed by atoms with E-state index in [-0.39, 0.29) is 11.4 Å². The van der Waals surface area contributed by atoms with Gasteiger partial charge in [0.1, 0.15) is 5.82 Å². The zero-order valence-corrected chi connectivity index (χ0v) is 19.0. The molecule has 1 aliphatic rings. The minimum atomic E-state index is -4.41. The van der Waals surface area contributed by atoms with Crippen LogP contribution in [0.2, 0.25) is 0 Å². The lowest BCUT2D eigenvalue weighted by molar-refractivity contribution is -0.137. The minimum Gasteiger partial charge on any atom is -0.490 e. The number of aromatic nitrogens is 2. The molecule has 0 bridgehead atoms. The first kappa shape index (κ1) is 23.8. The number of ether oxygens (including phenoxy) is 2. The summed E-state index contributed by atoms with van der Waals surface area (Å²) >= 11 is 0. The summed E-state index contributed by atoms with van der Waals surface area (Å²) in [6.45, 7) is 6.68. The van der Waals surface area contributed by atoms with Crippen LogP contribution in [0.1, 0.15) is 36.2 Å². The first-order valence-electron chi connectivity index (χ1n) is 11.2. The Bertz CT molecular complexity index is 1210. The summed E-state index contributed by atoms with van der Waals surface area (Å²) in [5.41, 5.74) is 1.73. The number of hydrogen-bond donors (Lipinski definition) is 1. The quantitative estimate of drug-likeness (QED) is 0.533. The van der Waals surface area contributed by atoms with Crippen LogP contribution in [0.5, 0.6) is 11.5 Å². The van der Waals surface area contributed by atoms with Gasteiger partial charge in [-0.1, -0.05) is 18.2 Å². The van der Waals surface area contributed by atoms with E-state index in [0.717, 1.165) is 17.7 Å². The van der Waals surface area contributed by atoms with Gasteiger partial charge in [-0.25, -0.2) is 4.98 Å². The highest BCUT2D eigenvalue weighted by molar-refractivity contribution is 5.56. The van der Waals surface area contributed by atoms with Crippen molar-refractivity contribution in [3.05, 3.63) is 75.2 Å². The van der Waals surface area contributed by atoms with Crippen molar-refractivity contribution in [2.24, 2.45) is 0 Å². The summed E-state index contributed by atoms with van der Waals surface area (Å²) in [6, 6.07) is 10.5. The third kappa shape index (κ3) is 5.25. The molecule has 1 aliphatic heterocycles. The van der Waals surface area contributed by atoms with Crippen LogP contribution in [0.4, 0.5) is 13.2 Å². The van der Waals surface area contributed by atoms with Crippen LogP contribution in [0.3, 0.4) is 0 Å². The molecule has 0 saturated carbocycles. The van der Waals surface area contributed by atoms with Gasteiger partial charge in [0, 0.05) is 31.6 Å². The van der Waals surface area contributed by atoms with Crippen molar-refractivity contribution < 1.29 is 22.6 Å². The highest BCUT2D eigenvalue weighted by Crippen LogP contribution is 2.31. The van der Waals surface area contributed by atoms with Gasteiger partial charge in [0.25, 0.3) is 5.56 Å². The Balaban J connectivity index is 1.51. The number of H-pyrrole nitrogens is 1. The molecule has 2 heterocycles. The number of aromatic amines is 1. The highest BCUT2D eigenvalue weighted by Gasteiger charge is 2.30. The van der Waals surface area contributed by atoms with Gasteiger partial charge in [-0.15, -0.1) is 0 Å². The average Bonchev–Trinajstić information content (AvgIpc) is 2.81. The standard InChI is InChI=1S/C25H26F3N3O3/c1-3-33-21-10-5-16(13-22(21)34-4-2)14-31-12-11-20-19(15-31)24(32)30-23(29-20)17-6-8-18(9-7-17)25(26,27)28/h5-10,13H,3-4,11-12,14-15H2,1-2H3,(H,29,30,32). The molecule has 0 spiro atoms. The van der Waals surface area contributed by atoms with Crippen LogP contribution in [0, 0.1) is 0 Å². The third-order valence-corrected chi connectivity index (χ3v) is 5.65. The van der Waals surface area contributed by atoms with Gasteiger partial charge >= 0.3 is 6.18 Å². The Morgan fingerprint density at radius 3 is 2.41 bits per heavy atom. The van der Waals surface area contributed by atoms with E-state index in [0.29, 0.717) is 67.6 Å². The molecule has 2 aromatic carbocycles. The maximum absolute atomic E-state index is 12.8. The first-order chi connectivity index (χ1) is 16.3. The van der Waals surface area contributed by atoms with E-state index in [1.54, 1.807) is 0 Å². The molecule has 1 aromatic heterocycles. The van der Waals surface area contributed by atoms with Crippen molar-refractivity contribution in [3.63, 3.8) is 0 Å². The number of fused-ring (bicyclic) bond motifs is 1. The van der Waals surface area contributed by atoms with Gasteiger partial charge in [-0.2, -0.15) is 13.2 Å². The molecule has 0 amide bonds. The third-order valence-electron chi connectivity index (χ3n) is 5.65. The lowest BCUT2D eigenvalue weighted by atomic mass is 10.0. The summed E-state index contributed by atoms with van der Waals surface area (Å²) in [7, 11) is 0. The number of nitrogens with zero attached hydrogens (tertiary/aromatic N) is 2. The van der Waals surface area contributed by atoms with Crippen molar-refractivity contribution in [3.8, 4) is 22.9 Å². The molecule has 6 nitrogen and oxygen atoms in total. The molecule has 0 saturated heterocycles. The second kappa shape index (κ2) is 9.89. The van der Waals surface area contributed by atoms with Crippen molar-refractivity contribution in [1.82, 2.24) is 14.9 Å². The fourth-order valence-electron chi connectivity index (χ4n) is 4.02. The molecule has 0 atom stereocenters. The molecule has 1 N–H and O–H groups in total. The van der Waals surface area contributed by atoms with Gasteiger partial charge in [-0.05, 0) is 43.7 Å². The predicted molar refractivity (Wildman–Crippen MR) is 122 cm³/mol. The fraction of sp³-hybridized carbons (Fsp3) is 0.360. The number of hydrogen-bond acceptors (Lipinski definition) is 5. The monoisotopic (exact) mass is 473 g/mol. The van der Waals surface area contributed by atoms with Crippen LogP contribution < -0.4 is 15.0 Å². The topological polar surface area (TPSA) is 67.5 Å². The lowest BCUT2D eigenvalue weighted by Crippen LogP contribution is -2.35. The number of halogens is 3. The summed E-state index contributed by atoms with van der Waals surface area (Å²) in [6.07, 6.45) is -3.84. The van der Waals surface area contributed by atoms with Crippen LogP contribution >= 0.6 is 0 Å². The summed E-state index contributed by atoms with van der Waals surface area (Å²) in [5.74, 6) is 1.67. The van der Waals surface area contributed by atoms with Crippen LogP contribution in [0.15, 0.2) is 47.3 Å². The minimum absolute atomic E-state index is 0.272. The second-order valence-electron chi connectivity index (χ2n) is 8.02. The molecule has 0 unspecified atom stereocenters. The molecule has 0 radical (unpaired) electrons. The molecule has 4 rings (SSSR count). The van der Waals surface area contributed by atoms with Gasteiger partial charge < -0.3 is 14.5 Å². The van der Waals surface area contributed by atoms with Crippen LogP contribution in [-0.4, -0.2) is 34.6 Å². The van der Waals surface area contributed by atoms with Crippen molar-refractivity contribution in [2.75, 3.05) is 19.8 Å². The van der Waals surface area contributed by atoms with Crippen molar-refractivity contribution in [1.29, 1.82) is 0 Å². The molecule has 9 heteroatoms. The normalized spacial score (nSPS) is 14.0. The van der Waals surface area contributed by atoms with E-state index in [1.165, 1.54) is 12.1 Å². The molecule has 0 fully saturated rings. The van der Waals surface area contributed by atoms with E-state index in [9.17, 15) is 18.0 Å². The fourth-order valence-corrected chi connectivity index (χ4v) is 4.02. The lowest BCUT2D eigenvalue weighted by Gasteiger charge is -2.28. The second-order valence-corrected chi connectivity index (χ2v) is 8.02. The summed E-state index contributed by atoms with van der Waals surface area (Å²) in [5, 5.41) is 0. The molecule has 0 aliphatic carbocycles. The molecule has 180 valence electrons. The van der Waals surface area contributed by atoms with E-state index in [1.807, 2.05) is 32.0 Å². The zero-order valence-electron chi connectivity index (χ0n) is 19.0. The number of benzene rings is 2. The Morgan fingerprint density at radius 2 is 1.74 bits per heavy atom. The largest absolute Gasteiger partial charge is 0.490 e. The van der Waals surface area contributed by atoms with Crippen LogP contribution in [-0.2, 0) is 25.7 Å². The van der Waals surface area contributed by atoms with Crippen molar-refractivity contribution in [2.45, 2.75) is 39.5 Å². The molecule has 3 aromatic rings. The molecular weight excluding hydrogens is 447 g/mol. The first-order valence-corrected chi connectivity index (χ1v) is 11.2. The zero-order chi connectivity index (χ0) is 24.3. The number of nitrogens with one attached hydrogen (secondary N) is 1. The SMILES string of the molecule is CCOc1ccc(CN2CCc3nc(-c4ccc(C(F)(F)F)cc4)[nH]c(=O)c3C2)cc1OCC. The summed E-state index contributed by atoms with van der Waals surface area (Å²) in [4.78, 5) is 22.2. The maximum Gasteiger partial charge on any atom is 0.416 e. The Kier molecular flexibility index (Phi) is 6.92. The average molecular weight is 473 g/mol. The van der Waals surface area contributed by atoms with E-state index >= 15 is 0 Å². The van der Waals surface area contributed by atoms with E-state index in [4.69, 9.17) is 9.47 Å². The number of alkyl halides is 3. The number of rotatable bonds is 7. The predicted octanol–water partition coefficient (Wildman–Crippen LogP) is 4.81. The van der Waals surface area contributed by atoms with Gasteiger partial charge in [-0.3, -0.25) is 9.69 Å². The van der Waals surface area contributed by atoms with Gasteiger partial charge in [0.15, 0.2) is 11.5 Å². The smallest absolute Gasteiger partial charge is 0.416 e. The summed E-state index contributed by atoms with van der Waals surface area (Å²) < 4.78 is 49.8. The van der Waals surface area contributed by atoms with E-state index < -0.39 is 11.7 Å². The maximum atomic E-state index is 12.8. The van der Waals surface area contributed by atoms with Gasteiger partial charge in [0.2, 0.25) is 0 Å².